The van der Waals surface area contributed by atoms with Crippen LogP contribution in [0, 0.1) is 0 Å². The molecular formula is C30H34BrCl2N3O5S. The highest BCUT2D eigenvalue weighted by Gasteiger charge is 2.32. The van der Waals surface area contributed by atoms with Gasteiger partial charge >= 0.3 is 0 Å². The summed E-state index contributed by atoms with van der Waals surface area (Å²) in [6.45, 7) is 5.83. The van der Waals surface area contributed by atoms with Crippen molar-refractivity contribution in [3.8, 4) is 5.75 Å². The van der Waals surface area contributed by atoms with Gasteiger partial charge in [0.25, 0.3) is 10.0 Å². The maximum absolute atomic E-state index is 14.0. The van der Waals surface area contributed by atoms with Crippen molar-refractivity contribution < 1.29 is 22.7 Å². The summed E-state index contributed by atoms with van der Waals surface area (Å²) < 4.78 is 35.1. The second-order valence-electron chi connectivity index (χ2n) is 9.48. The molecule has 3 aromatic rings. The van der Waals surface area contributed by atoms with Crippen LogP contribution in [0.3, 0.4) is 0 Å². The van der Waals surface area contributed by atoms with Gasteiger partial charge in [0.05, 0.1) is 27.2 Å². The number of halogens is 3. The van der Waals surface area contributed by atoms with Crippen molar-refractivity contribution in [2.75, 3.05) is 24.0 Å². The Kier molecular flexibility index (Phi) is 12.5. The Morgan fingerprint density at radius 2 is 1.64 bits per heavy atom. The molecule has 226 valence electrons. The number of amides is 2. The monoisotopic (exact) mass is 697 g/mol. The number of hydrogen-bond donors (Lipinski definition) is 1. The van der Waals surface area contributed by atoms with Gasteiger partial charge < -0.3 is 15.0 Å². The molecule has 3 aromatic carbocycles. The number of carbonyl (C=O) groups excluding carboxylic acids is 2. The van der Waals surface area contributed by atoms with Gasteiger partial charge in [0.2, 0.25) is 11.8 Å². The van der Waals surface area contributed by atoms with Crippen molar-refractivity contribution in [2.24, 2.45) is 0 Å². The molecule has 0 aliphatic rings. The molecule has 1 unspecified atom stereocenters. The van der Waals surface area contributed by atoms with Crippen LogP contribution in [0.15, 0.2) is 76.1 Å². The molecule has 0 bridgehead atoms. The van der Waals surface area contributed by atoms with E-state index in [2.05, 4.69) is 21.2 Å². The molecule has 0 saturated heterocycles. The number of rotatable bonds is 14. The van der Waals surface area contributed by atoms with Gasteiger partial charge in [-0.2, -0.15) is 0 Å². The molecule has 0 aromatic heterocycles. The smallest absolute Gasteiger partial charge is 0.264 e. The first kappa shape index (κ1) is 33.7. The van der Waals surface area contributed by atoms with E-state index < -0.39 is 28.5 Å². The normalized spacial score (nSPS) is 12.0. The number of benzene rings is 3. The van der Waals surface area contributed by atoms with Crippen molar-refractivity contribution in [2.45, 2.75) is 51.1 Å². The van der Waals surface area contributed by atoms with E-state index in [9.17, 15) is 18.0 Å². The summed E-state index contributed by atoms with van der Waals surface area (Å²) in [5.41, 5.74) is 0.901. The van der Waals surface area contributed by atoms with Crippen molar-refractivity contribution in [3.63, 3.8) is 0 Å². The number of ether oxygens (including phenoxy) is 1. The summed E-state index contributed by atoms with van der Waals surface area (Å²) in [5.74, 6) is -0.360. The maximum Gasteiger partial charge on any atom is 0.264 e. The molecule has 42 heavy (non-hydrogen) atoms. The SMILES string of the molecule is CCCCNC(=O)C(C)N(Cc1ccc(Cl)c(Cl)c1)C(=O)CN(c1ccc(OCC)cc1)S(=O)(=O)c1ccc(Br)cc1. The third-order valence-electron chi connectivity index (χ3n) is 6.45. The van der Waals surface area contributed by atoms with Crippen LogP contribution in [0.4, 0.5) is 5.69 Å². The molecule has 0 aliphatic heterocycles. The Morgan fingerprint density at radius 1 is 0.976 bits per heavy atom. The predicted octanol–water partition coefficient (Wildman–Crippen LogP) is 6.68. The third-order valence-corrected chi connectivity index (χ3v) is 9.51. The largest absolute Gasteiger partial charge is 0.494 e. The first-order valence-corrected chi connectivity index (χ1v) is 16.5. The Bertz CT molecular complexity index is 1470. The van der Waals surface area contributed by atoms with Crippen molar-refractivity contribution in [1.29, 1.82) is 0 Å². The van der Waals surface area contributed by atoms with Crippen molar-refractivity contribution in [3.05, 3.63) is 86.8 Å². The topological polar surface area (TPSA) is 96.0 Å². The lowest BCUT2D eigenvalue weighted by Gasteiger charge is -2.32. The van der Waals surface area contributed by atoms with Crippen LogP contribution in [-0.2, 0) is 26.2 Å². The van der Waals surface area contributed by atoms with E-state index in [0.717, 1.165) is 17.1 Å². The van der Waals surface area contributed by atoms with Gasteiger partial charge in [-0.1, -0.05) is 58.5 Å². The molecule has 0 spiro atoms. The van der Waals surface area contributed by atoms with E-state index in [0.29, 0.717) is 39.0 Å². The maximum atomic E-state index is 14.0. The lowest BCUT2D eigenvalue weighted by atomic mass is 10.1. The lowest BCUT2D eigenvalue weighted by molar-refractivity contribution is -0.139. The average Bonchev–Trinajstić information content (AvgIpc) is 2.97. The highest BCUT2D eigenvalue weighted by atomic mass is 79.9. The summed E-state index contributed by atoms with van der Waals surface area (Å²) in [7, 11) is -4.19. The van der Waals surface area contributed by atoms with E-state index in [1.54, 1.807) is 61.5 Å². The van der Waals surface area contributed by atoms with Gasteiger partial charge in [0.1, 0.15) is 18.3 Å². The molecule has 0 saturated carbocycles. The molecular weight excluding hydrogens is 665 g/mol. The van der Waals surface area contributed by atoms with E-state index in [1.165, 1.54) is 17.0 Å². The number of nitrogens with zero attached hydrogens (tertiary/aromatic N) is 2. The fourth-order valence-electron chi connectivity index (χ4n) is 4.09. The summed E-state index contributed by atoms with van der Waals surface area (Å²) in [6.07, 6.45) is 1.68. The standard InChI is InChI=1S/C30H34BrCl2N3O5S/c1-4-6-17-34-30(38)21(3)35(19-22-7-16-27(32)28(33)18-22)29(37)20-36(24-10-12-25(13-11-24)41-5-2)42(39,40)26-14-8-23(31)9-15-26/h7-16,18,21H,4-6,17,19-20H2,1-3H3,(H,34,38). The van der Waals surface area contributed by atoms with Crippen molar-refractivity contribution >= 4 is 66.7 Å². The summed E-state index contributed by atoms with van der Waals surface area (Å²) in [6, 6.07) is 16.6. The van der Waals surface area contributed by atoms with E-state index in [-0.39, 0.29) is 23.0 Å². The van der Waals surface area contributed by atoms with Crippen LogP contribution in [0.25, 0.3) is 0 Å². The van der Waals surface area contributed by atoms with Crippen LogP contribution in [0.2, 0.25) is 10.0 Å². The first-order chi connectivity index (χ1) is 20.0. The molecule has 1 N–H and O–H groups in total. The van der Waals surface area contributed by atoms with Crippen LogP contribution in [-0.4, -0.2) is 50.9 Å². The van der Waals surface area contributed by atoms with Crippen LogP contribution < -0.4 is 14.4 Å². The fraction of sp³-hybridized carbons (Fsp3) is 0.333. The highest BCUT2D eigenvalue weighted by Crippen LogP contribution is 2.28. The van der Waals surface area contributed by atoms with Gasteiger partial charge in [0, 0.05) is 17.6 Å². The molecule has 2 amide bonds. The highest BCUT2D eigenvalue weighted by molar-refractivity contribution is 9.10. The Labute approximate surface area is 266 Å². The number of sulfonamides is 1. The van der Waals surface area contributed by atoms with Gasteiger partial charge in [0.15, 0.2) is 0 Å². The van der Waals surface area contributed by atoms with Gasteiger partial charge in [-0.05, 0) is 86.5 Å². The van der Waals surface area contributed by atoms with E-state index in [4.69, 9.17) is 27.9 Å². The second-order valence-corrected chi connectivity index (χ2v) is 13.1. The number of hydrogen-bond acceptors (Lipinski definition) is 5. The quantitative estimate of drug-likeness (QED) is 0.190. The Morgan fingerprint density at radius 3 is 2.24 bits per heavy atom. The molecule has 0 radical (unpaired) electrons. The Hall–Kier alpha value is -2.79. The molecule has 1 atom stereocenters. The fourth-order valence-corrected chi connectivity index (χ4v) is 6.09. The van der Waals surface area contributed by atoms with Gasteiger partial charge in [-0.25, -0.2) is 8.42 Å². The second kappa shape index (κ2) is 15.6. The summed E-state index contributed by atoms with van der Waals surface area (Å²) in [4.78, 5) is 28.4. The van der Waals surface area contributed by atoms with Gasteiger partial charge in [-0.3, -0.25) is 13.9 Å². The minimum absolute atomic E-state index is 0.00748. The average molecular weight is 699 g/mol. The number of nitrogens with one attached hydrogen (secondary N) is 1. The summed E-state index contributed by atoms with van der Waals surface area (Å²) >= 11 is 15.6. The lowest BCUT2D eigenvalue weighted by Crippen LogP contribution is -2.51. The third kappa shape index (κ3) is 8.86. The molecule has 0 aliphatic carbocycles. The minimum Gasteiger partial charge on any atom is -0.494 e. The van der Waals surface area contributed by atoms with Crippen molar-refractivity contribution in [1.82, 2.24) is 10.2 Å². The van der Waals surface area contributed by atoms with Gasteiger partial charge in [-0.15, -0.1) is 0 Å². The predicted molar refractivity (Wildman–Crippen MR) is 171 cm³/mol. The molecule has 8 nitrogen and oxygen atoms in total. The first-order valence-electron chi connectivity index (χ1n) is 13.5. The summed E-state index contributed by atoms with van der Waals surface area (Å²) in [5, 5.41) is 3.51. The number of anilines is 1. The molecule has 12 heteroatoms. The number of unbranched alkanes of at least 4 members (excludes halogenated alkanes) is 1. The molecule has 0 heterocycles. The zero-order valence-corrected chi connectivity index (χ0v) is 27.6. The molecule has 3 rings (SSSR count). The Balaban J connectivity index is 2.02. The zero-order valence-electron chi connectivity index (χ0n) is 23.6. The van der Waals surface area contributed by atoms with E-state index in [1.807, 2.05) is 13.8 Å². The minimum atomic E-state index is -4.19. The van der Waals surface area contributed by atoms with Crippen LogP contribution in [0.5, 0.6) is 5.75 Å². The van der Waals surface area contributed by atoms with Crippen LogP contribution >= 0.6 is 39.1 Å². The molecule has 0 fully saturated rings. The van der Waals surface area contributed by atoms with E-state index >= 15 is 0 Å². The zero-order chi connectivity index (χ0) is 30.9. The van der Waals surface area contributed by atoms with Crippen LogP contribution in [0.1, 0.15) is 39.2 Å². The number of carbonyl (C=O) groups is 2.